The van der Waals surface area contributed by atoms with Crippen molar-refractivity contribution < 1.29 is 14.3 Å². The lowest BCUT2D eigenvalue weighted by Gasteiger charge is -2.12. The Morgan fingerprint density at radius 3 is 2.29 bits per heavy atom. The molecule has 2 rings (SSSR count). The van der Waals surface area contributed by atoms with Crippen molar-refractivity contribution in [2.45, 2.75) is 4.90 Å². The van der Waals surface area contributed by atoms with Gasteiger partial charge in [0.2, 0.25) is 0 Å². The molecule has 0 amide bonds. The first-order chi connectivity index (χ1) is 10.1. The second-order valence-corrected chi connectivity index (χ2v) is 5.98. The molecule has 0 aromatic heterocycles. The molecule has 21 heavy (non-hydrogen) atoms. The van der Waals surface area contributed by atoms with Crippen LogP contribution in [0.1, 0.15) is 15.9 Å². The predicted octanol–water partition coefficient (Wildman–Crippen LogP) is 4.42. The van der Waals surface area contributed by atoms with Gasteiger partial charge in [0.05, 0.1) is 19.8 Å². The topological polar surface area (TPSA) is 35.5 Å². The van der Waals surface area contributed by atoms with E-state index in [1.807, 2.05) is 30.5 Å². The van der Waals surface area contributed by atoms with Gasteiger partial charge in [-0.3, -0.25) is 4.79 Å². The minimum absolute atomic E-state index is 0.0889. The van der Waals surface area contributed by atoms with Crippen LogP contribution in [0.5, 0.6) is 11.5 Å². The van der Waals surface area contributed by atoms with E-state index in [0.717, 1.165) is 4.90 Å². The average molecular weight is 367 g/mol. The van der Waals surface area contributed by atoms with E-state index >= 15 is 0 Å². The van der Waals surface area contributed by atoms with Crippen molar-refractivity contribution in [3.63, 3.8) is 0 Å². The van der Waals surface area contributed by atoms with Crippen LogP contribution < -0.4 is 9.47 Å². The van der Waals surface area contributed by atoms with E-state index < -0.39 is 0 Å². The third-order valence-electron chi connectivity index (χ3n) is 3.06. The lowest BCUT2D eigenvalue weighted by atomic mass is 10.0. The van der Waals surface area contributed by atoms with Crippen molar-refractivity contribution in [3.05, 3.63) is 52.0 Å². The van der Waals surface area contributed by atoms with E-state index in [0.29, 0.717) is 27.1 Å². The fourth-order valence-electron chi connectivity index (χ4n) is 1.94. The number of methoxy groups -OCH3 is 2. The minimum Gasteiger partial charge on any atom is -0.497 e. The molecular formula is C16H15BrO3S. The summed E-state index contributed by atoms with van der Waals surface area (Å²) in [6, 6.07) is 11.0. The van der Waals surface area contributed by atoms with Crippen LogP contribution in [0, 0.1) is 0 Å². The highest BCUT2D eigenvalue weighted by Gasteiger charge is 2.19. The number of ether oxygens (including phenoxy) is 2. The van der Waals surface area contributed by atoms with Crippen molar-refractivity contribution in [2.75, 3.05) is 20.5 Å². The van der Waals surface area contributed by atoms with Crippen LogP contribution in [0.25, 0.3) is 0 Å². The Labute approximate surface area is 136 Å². The zero-order chi connectivity index (χ0) is 15.4. The molecule has 0 aliphatic rings. The molecule has 0 saturated heterocycles. The van der Waals surface area contributed by atoms with Crippen LogP contribution in [0.3, 0.4) is 0 Å². The van der Waals surface area contributed by atoms with Crippen molar-refractivity contribution in [1.29, 1.82) is 0 Å². The quantitative estimate of drug-likeness (QED) is 0.579. The molecule has 0 aliphatic heterocycles. The first-order valence-corrected chi connectivity index (χ1v) is 8.22. The molecule has 0 radical (unpaired) electrons. The summed E-state index contributed by atoms with van der Waals surface area (Å²) in [5, 5.41) is 0. The molecule has 0 saturated carbocycles. The Hall–Kier alpha value is -1.46. The highest BCUT2D eigenvalue weighted by Crippen LogP contribution is 2.34. The number of carbonyl (C=O) groups excluding carboxylic acids is 1. The highest BCUT2D eigenvalue weighted by molar-refractivity contribution is 9.10. The second kappa shape index (κ2) is 7.00. The number of hydrogen-bond donors (Lipinski definition) is 0. The van der Waals surface area contributed by atoms with E-state index in [2.05, 4.69) is 15.9 Å². The molecule has 0 heterocycles. The molecule has 2 aromatic rings. The fourth-order valence-corrected chi connectivity index (χ4v) is 2.95. The number of rotatable bonds is 5. The minimum atomic E-state index is -0.0889. The molecule has 0 N–H and O–H groups in total. The van der Waals surface area contributed by atoms with Gasteiger partial charge < -0.3 is 9.47 Å². The number of halogens is 1. The summed E-state index contributed by atoms with van der Waals surface area (Å²) in [6.07, 6.45) is 2.00. The Balaban J connectivity index is 2.46. The van der Waals surface area contributed by atoms with Gasteiger partial charge in [-0.25, -0.2) is 0 Å². The Morgan fingerprint density at radius 1 is 1.10 bits per heavy atom. The van der Waals surface area contributed by atoms with Crippen molar-refractivity contribution in [3.8, 4) is 11.5 Å². The molecule has 5 heteroatoms. The van der Waals surface area contributed by atoms with Crippen molar-refractivity contribution in [1.82, 2.24) is 0 Å². The van der Waals surface area contributed by atoms with Crippen LogP contribution in [-0.2, 0) is 0 Å². The summed E-state index contributed by atoms with van der Waals surface area (Å²) in [5.74, 6) is 1.03. The predicted molar refractivity (Wildman–Crippen MR) is 88.9 cm³/mol. The number of benzene rings is 2. The third kappa shape index (κ3) is 3.41. The molecule has 0 bridgehead atoms. The summed E-state index contributed by atoms with van der Waals surface area (Å²) in [5.41, 5.74) is 1.12. The zero-order valence-electron chi connectivity index (χ0n) is 12.0. The Bertz CT molecular complexity index is 653. The van der Waals surface area contributed by atoms with Crippen LogP contribution in [0.15, 0.2) is 45.8 Å². The van der Waals surface area contributed by atoms with Crippen LogP contribution in [-0.4, -0.2) is 26.3 Å². The lowest BCUT2D eigenvalue weighted by Crippen LogP contribution is -2.05. The third-order valence-corrected chi connectivity index (χ3v) is 4.43. The first kappa shape index (κ1) is 15.9. The van der Waals surface area contributed by atoms with Gasteiger partial charge >= 0.3 is 0 Å². The standard InChI is InChI=1S/C16H15BrO3S/c1-19-11-8-13(17)15(14(9-11)20-2)16(18)10-4-6-12(21-3)7-5-10/h4-9H,1-3H3. The van der Waals surface area contributed by atoms with Gasteiger partial charge in [0.1, 0.15) is 11.5 Å². The maximum absolute atomic E-state index is 12.7. The number of ketones is 1. The van der Waals surface area contributed by atoms with Gasteiger partial charge in [0.25, 0.3) is 0 Å². The number of hydrogen-bond acceptors (Lipinski definition) is 4. The SMILES string of the molecule is COc1cc(Br)c(C(=O)c2ccc(SC)cc2)c(OC)c1. The van der Waals surface area contributed by atoms with Crippen LogP contribution >= 0.6 is 27.7 Å². The molecule has 0 fully saturated rings. The molecule has 0 spiro atoms. The fraction of sp³-hybridized carbons (Fsp3) is 0.188. The van der Waals surface area contributed by atoms with Gasteiger partial charge in [-0.2, -0.15) is 0 Å². The second-order valence-electron chi connectivity index (χ2n) is 4.24. The van der Waals surface area contributed by atoms with E-state index in [4.69, 9.17) is 9.47 Å². The molecule has 0 aliphatic carbocycles. The molecule has 0 unspecified atom stereocenters. The monoisotopic (exact) mass is 366 g/mol. The summed E-state index contributed by atoms with van der Waals surface area (Å²) in [6.45, 7) is 0. The van der Waals surface area contributed by atoms with Crippen molar-refractivity contribution >= 4 is 33.5 Å². The van der Waals surface area contributed by atoms with E-state index in [1.165, 1.54) is 7.11 Å². The van der Waals surface area contributed by atoms with E-state index in [1.54, 1.807) is 31.0 Å². The average Bonchev–Trinajstić information content (AvgIpc) is 2.53. The summed E-state index contributed by atoms with van der Waals surface area (Å²) in [4.78, 5) is 13.8. The van der Waals surface area contributed by atoms with E-state index in [-0.39, 0.29) is 5.78 Å². The lowest BCUT2D eigenvalue weighted by molar-refractivity contribution is 0.103. The summed E-state index contributed by atoms with van der Waals surface area (Å²) >= 11 is 5.06. The molecule has 2 aromatic carbocycles. The van der Waals surface area contributed by atoms with Gasteiger partial charge in [0.15, 0.2) is 5.78 Å². The maximum Gasteiger partial charge on any atom is 0.197 e. The van der Waals surface area contributed by atoms with Gasteiger partial charge in [-0.1, -0.05) is 0 Å². The molecule has 110 valence electrons. The number of thioether (sulfide) groups is 1. The zero-order valence-corrected chi connectivity index (χ0v) is 14.4. The van der Waals surface area contributed by atoms with E-state index in [9.17, 15) is 4.79 Å². The van der Waals surface area contributed by atoms with Gasteiger partial charge in [-0.15, -0.1) is 11.8 Å². The van der Waals surface area contributed by atoms with Crippen molar-refractivity contribution in [2.24, 2.45) is 0 Å². The Kier molecular flexibility index (Phi) is 5.31. The smallest absolute Gasteiger partial charge is 0.197 e. The normalized spacial score (nSPS) is 10.3. The summed E-state index contributed by atoms with van der Waals surface area (Å²) in [7, 11) is 3.11. The Morgan fingerprint density at radius 2 is 1.76 bits per heavy atom. The van der Waals surface area contributed by atoms with Gasteiger partial charge in [0, 0.05) is 21.0 Å². The first-order valence-electron chi connectivity index (χ1n) is 6.21. The highest BCUT2D eigenvalue weighted by atomic mass is 79.9. The maximum atomic E-state index is 12.7. The van der Waals surface area contributed by atoms with Crippen LogP contribution in [0.4, 0.5) is 0 Å². The molecule has 3 nitrogen and oxygen atoms in total. The molecule has 0 atom stereocenters. The van der Waals surface area contributed by atoms with Crippen LogP contribution in [0.2, 0.25) is 0 Å². The largest absolute Gasteiger partial charge is 0.497 e. The molecular weight excluding hydrogens is 352 g/mol. The van der Waals surface area contributed by atoms with Gasteiger partial charge in [-0.05, 0) is 52.5 Å². The number of carbonyl (C=O) groups is 1. The summed E-state index contributed by atoms with van der Waals surface area (Å²) < 4.78 is 11.2.